The molecule has 0 aliphatic carbocycles. The Bertz CT molecular complexity index is 696. The molecule has 0 spiro atoms. The number of hydrogen-bond donors (Lipinski definition) is 0. The van der Waals surface area contributed by atoms with Gasteiger partial charge in [0.2, 0.25) is 0 Å². The maximum atomic E-state index is 12.2. The average Bonchev–Trinajstić information content (AvgIpc) is 2.55. The SMILES string of the molecule is CC(C)=CCCC(=O)c1ccc(-c2ccc(CN(C)C)cc2)cc1.Cl. The van der Waals surface area contributed by atoms with E-state index in [1.54, 1.807) is 0 Å². The molecule has 134 valence electrons. The number of benzene rings is 2. The Balaban J connectivity index is 0.00000312. The van der Waals surface area contributed by atoms with Crippen molar-refractivity contribution in [1.82, 2.24) is 4.90 Å². The van der Waals surface area contributed by atoms with Gasteiger partial charge in [0.1, 0.15) is 0 Å². The number of carbonyl (C=O) groups excluding carboxylic acids is 1. The van der Waals surface area contributed by atoms with Crippen LogP contribution in [0.25, 0.3) is 11.1 Å². The Morgan fingerprint density at radius 2 is 1.44 bits per heavy atom. The molecule has 3 heteroatoms. The van der Waals surface area contributed by atoms with Gasteiger partial charge >= 0.3 is 0 Å². The quantitative estimate of drug-likeness (QED) is 0.463. The highest BCUT2D eigenvalue weighted by Crippen LogP contribution is 2.21. The summed E-state index contributed by atoms with van der Waals surface area (Å²) in [5, 5.41) is 0. The van der Waals surface area contributed by atoms with Crippen molar-refractivity contribution in [3.05, 3.63) is 71.3 Å². The van der Waals surface area contributed by atoms with E-state index in [2.05, 4.69) is 63.2 Å². The molecule has 2 aromatic rings. The number of nitrogens with zero attached hydrogens (tertiary/aromatic N) is 1. The first kappa shape index (κ1) is 21.1. The van der Waals surface area contributed by atoms with Crippen LogP contribution < -0.4 is 0 Å². The molecule has 25 heavy (non-hydrogen) atoms. The normalized spacial score (nSPS) is 10.3. The van der Waals surface area contributed by atoms with Gasteiger partial charge in [-0.25, -0.2) is 0 Å². The van der Waals surface area contributed by atoms with Crippen LogP contribution >= 0.6 is 12.4 Å². The Morgan fingerprint density at radius 1 is 0.920 bits per heavy atom. The van der Waals surface area contributed by atoms with Crippen LogP contribution in [0.15, 0.2) is 60.2 Å². The molecule has 0 aromatic heterocycles. The molecule has 0 radical (unpaired) electrons. The van der Waals surface area contributed by atoms with Crippen molar-refractivity contribution in [2.45, 2.75) is 33.2 Å². The van der Waals surface area contributed by atoms with E-state index in [0.717, 1.165) is 24.1 Å². The summed E-state index contributed by atoms with van der Waals surface area (Å²) in [6.07, 6.45) is 3.50. The van der Waals surface area contributed by atoms with Crippen LogP contribution in [0.3, 0.4) is 0 Å². The summed E-state index contributed by atoms with van der Waals surface area (Å²) in [7, 11) is 4.14. The summed E-state index contributed by atoms with van der Waals surface area (Å²) in [4.78, 5) is 14.3. The van der Waals surface area contributed by atoms with Gasteiger partial charge in [-0.2, -0.15) is 0 Å². The van der Waals surface area contributed by atoms with Crippen LogP contribution in [0.1, 0.15) is 42.6 Å². The van der Waals surface area contributed by atoms with Crippen molar-refractivity contribution in [3.8, 4) is 11.1 Å². The monoisotopic (exact) mass is 357 g/mol. The molecule has 0 heterocycles. The first-order chi connectivity index (χ1) is 11.5. The fraction of sp³-hybridized carbons (Fsp3) is 0.318. The molecule has 0 aliphatic rings. The Hall–Kier alpha value is -1.90. The van der Waals surface area contributed by atoms with Crippen LogP contribution in [-0.4, -0.2) is 24.8 Å². The summed E-state index contributed by atoms with van der Waals surface area (Å²) < 4.78 is 0. The minimum absolute atomic E-state index is 0. The molecule has 2 nitrogen and oxygen atoms in total. The zero-order valence-corrected chi connectivity index (χ0v) is 16.4. The maximum Gasteiger partial charge on any atom is 0.163 e. The number of hydrogen-bond acceptors (Lipinski definition) is 2. The standard InChI is InChI=1S/C22H27NO.ClH/c1-17(2)6-5-7-22(24)21-14-12-20(13-15-21)19-10-8-18(9-11-19)16-23(3)4;/h6,8-15H,5,7,16H2,1-4H3;1H. The van der Waals surface area contributed by atoms with E-state index in [-0.39, 0.29) is 18.2 Å². The average molecular weight is 358 g/mol. The zero-order chi connectivity index (χ0) is 17.5. The lowest BCUT2D eigenvalue weighted by Gasteiger charge is -2.10. The zero-order valence-electron chi connectivity index (χ0n) is 15.6. The second kappa shape index (κ2) is 10.2. The van der Waals surface area contributed by atoms with Crippen LogP contribution in [0.2, 0.25) is 0 Å². The lowest BCUT2D eigenvalue weighted by Crippen LogP contribution is -2.10. The van der Waals surface area contributed by atoms with Gasteiger partial charge in [-0.15, -0.1) is 12.4 Å². The predicted octanol–water partition coefficient (Wildman–Crippen LogP) is 5.77. The second-order valence-corrected chi connectivity index (χ2v) is 6.76. The second-order valence-electron chi connectivity index (χ2n) is 6.76. The third kappa shape index (κ3) is 6.85. The van der Waals surface area contributed by atoms with Gasteiger partial charge in [0.05, 0.1) is 0 Å². The minimum Gasteiger partial charge on any atom is -0.305 e. The molecule has 0 unspecified atom stereocenters. The van der Waals surface area contributed by atoms with Gasteiger partial charge in [-0.05, 0) is 51.1 Å². The van der Waals surface area contributed by atoms with Gasteiger partial charge < -0.3 is 4.90 Å². The van der Waals surface area contributed by atoms with E-state index < -0.39 is 0 Å². The number of rotatable bonds is 7. The first-order valence-corrected chi connectivity index (χ1v) is 8.46. The topological polar surface area (TPSA) is 20.3 Å². The highest BCUT2D eigenvalue weighted by atomic mass is 35.5. The largest absolute Gasteiger partial charge is 0.305 e. The Morgan fingerprint density at radius 3 is 1.92 bits per heavy atom. The molecule has 2 rings (SSSR count). The Labute approximate surface area is 158 Å². The van der Waals surface area contributed by atoms with Gasteiger partial charge in [0.15, 0.2) is 5.78 Å². The third-order valence-corrected chi connectivity index (χ3v) is 3.92. The van der Waals surface area contributed by atoms with Crippen molar-refractivity contribution in [2.24, 2.45) is 0 Å². The van der Waals surface area contributed by atoms with Gasteiger partial charge in [-0.3, -0.25) is 4.79 Å². The van der Waals surface area contributed by atoms with Gasteiger partial charge in [0.25, 0.3) is 0 Å². The summed E-state index contributed by atoms with van der Waals surface area (Å²) in [5.41, 5.74) is 5.68. The molecule has 0 amide bonds. The van der Waals surface area contributed by atoms with E-state index in [1.165, 1.54) is 16.7 Å². The van der Waals surface area contributed by atoms with E-state index in [1.807, 2.05) is 24.3 Å². The molecular formula is C22H28ClNO. The molecule has 0 saturated carbocycles. The molecule has 0 saturated heterocycles. The fourth-order valence-corrected chi connectivity index (χ4v) is 2.65. The van der Waals surface area contributed by atoms with Crippen molar-refractivity contribution >= 4 is 18.2 Å². The predicted molar refractivity (Wildman–Crippen MR) is 110 cm³/mol. The van der Waals surface area contributed by atoms with E-state index in [9.17, 15) is 4.79 Å². The van der Waals surface area contributed by atoms with Gasteiger partial charge in [0, 0.05) is 18.5 Å². The first-order valence-electron chi connectivity index (χ1n) is 8.46. The molecule has 0 fully saturated rings. The number of ketones is 1. The summed E-state index contributed by atoms with van der Waals surface area (Å²) in [6, 6.07) is 16.6. The highest BCUT2D eigenvalue weighted by molar-refractivity contribution is 5.96. The number of Topliss-reactive ketones (excluding diaryl/α,β-unsaturated/α-hetero) is 1. The van der Waals surface area contributed by atoms with Gasteiger partial charge in [-0.1, -0.05) is 60.2 Å². The lowest BCUT2D eigenvalue weighted by atomic mass is 10.00. The molecular weight excluding hydrogens is 330 g/mol. The van der Waals surface area contributed by atoms with E-state index in [4.69, 9.17) is 0 Å². The van der Waals surface area contributed by atoms with Crippen molar-refractivity contribution in [2.75, 3.05) is 14.1 Å². The minimum atomic E-state index is 0. The van der Waals surface area contributed by atoms with Crippen LogP contribution in [0.4, 0.5) is 0 Å². The summed E-state index contributed by atoms with van der Waals surface area (Å²) in [6.45, 7) is 5.06. The Kier molecular flexibility index (Phi) is 8.60. The highest BCUT2D eigenvalue weighted by Gasteiger charge is 2.06. The smallest absolute Gasteiger partial charge is 0.163 e. The maximum absolute atomic E-state index is 12.2. The molecule has 0 N–H and O–H groups in total. The van der Waals surface area contributed by atoms with E-state index >= 15 is 0 Å². The fourth-order valence-electron chi connectivity index (χ4n) is 2.65. The van der Waals surface area contributed by atoms with Crippen molar-refractivity contribution in [1.29, 1.82) is 0 Å². The number of halogens is 1. The summed E-state index contributed by atoms with van der Waals surface area (Å²) >= 11 is 0. The third-order valence-electron chi connectivity index (χ3n) is 3.92. The lowest BCUT2D eigenvalue weighted by molar-refractivity contribution is 0.0983. The summed E-state index contributed by atoms with van der Waals surface area (Å²) in [5.74, 6) is 0.209. The molecule has 2 aromatic carbocycles. The molecule has 0 bridgehead atoms. The number of allylic oxidation sites excluding steroid dienone is 2. The van der Waals surface area contributed by atoms with Crippen LogP contribution in [0, 0.1) is 0 Å². The van der Waals surface area contributed by atoms with Crippen LogP contribution in [0.5, 0.6) is 0 Å². The van der Waals surface area contributed by atoms with Crippen molar-refractivity contribution in [3.63, 3.8) is 0 Å². The van der Waals surface area contributed by atoms with Crippen LogP contribution in [-0.2, 0) is 6.54 Å². The molecule has 0 atom stereocenters. The van der Waals surface area contributed by atoms with Crippen molar-refractivity contribution < 1.29 is 4.79 Å². The van der Waals surface area contributed by atoms with E-state index in [0.29, 0.717) is 6.42 Å². The number of carbonyl (C=O) groups is 1. The molecule has 0 aliphatic heterocycles.